The van der Waals surface area contributed by atoms with Gasteiger partial charge in [0.15, 0.2) is 0 Å². The summed E-state index contributed by atoms with van der Waals surface area (Å²) in [5.41, 5.74) is 14.2. The Morgan fingerprint density at radius 3 is 3.00 bits per heavy atom. The first-order valence-corrected chi connectivity index (χ1v) is 9.70. The first kappa shape index (κ1) is 16.8. The molecule has 5 rings (SSSR count). The third-order valence-electron chi connectivity index (χ3n) is 5.48. The number of rotatable bonds is 5. The number of nitrogens with two attached hydrogens (primary N) is 1. The molecule has 1 aliphatic rings. The summed E-state index contributed by atoms with van der Waals surface area (Å²) >= 11 is 0. The maximum absolute atomic E-state index is 6.17. The van der Waals surface area contributed by atoms with Gasteiger partial charge < -0.3 is 10.7 Å². The van der Waals surface area contributed by atoms with E-state index >= 15 is 0 Å². The lowest BCUT2D eigenvalue weighted by Gasteiger charge is -2.09. The fourth-order valence-electron chi connectivity index (χ4n) is 3.94. The number of hydrogen-bond acceptors (Lipinski definition) is 3. The van der Waals surface area contributed by atoms with Gasteiger partial charge in [-0.3, -0.25) is 0 Å². The first-order valence-electron chi connectivity index (χ1n) is 9.70. The molecule has 0 unspecified atom stereocenters. The number of aryl methyl sites for hydroxylation is 2. The molecule has 0 atom stereocenters. The van der Waals surface area contributed by atoms with Crippen LogP contribution in [0, 0.1) is 0 Å². The third kappa shape index (κ3) is 3.18. The van der Waals surface area contributed by atoms with Gasteiger partial charge in [0.1, 0.15) is 5.82 Å². The van der Waals surface area contributed by atoms with Crippen LogP contribution in [-0.4, -0.2) is 15.0 Å². The van der Waals surface area contributed by atoms with Crippen LogP contribution in [0.25, 0.3) is 17.0 Å². The van der Waals surface area contributed by atoms with Gasteiger partial charge in [-0.25, -0.2) is 9.97 Å². The maximum Gasteiger partial charge on any atom is 0.133 e. The first-order chi connectivity index (χ1) is 13.8. The van der Waals surface area contributed by atoms with Gasteiger partial charge in [0.05, 0.1) is 17.6 Å². The fourth-order valence-corrected chi connectivity index (χ4v) is 3.94. The Morgan fingerprint density at radius 2 is 2.04 bits per heavy atom. The van der Waals surface area contributed by atoms with Gasteiger partial charge in [-0.05, 0) is 53.6 Å². The number of anilines is 1. The molecule has 3 N–H and O–H groups in total. The highest BCUT2D eigenvalue weighted by Gasteiger charge is 2.10. The molecule has 2 aromatic carbocycles. The van der Waals surface area contributed by atoms with Gasteiger partial charge in [-0.15, -0.1) is 0 Å². The molecule has 0 saturated carbocycles. The van der Waals surface area contributed by atoms with Crippen LogP contribution in [0.2, 0.25) is 0 Å². The monoisotopic (exact) mass is 366 g/mol. The van der Waals surface area contributed by atoms with Crippen molar-refractivity contribution < 1.29 is 0 Å². The van der Waals surface area contributed by atoms with Crippen LogP contribution in [0.1, 0.15) is 33.8 Å². The average Bonchev–Trinajstić information content (AvgIpc) is 3.37. The Morgan fingerprint density at radius 1 is 1.07 bits per heavy atom. The van der Waals surface area contributed by atoms with Crippen LogP contribution >= 0.6 is 0 Å². The number of nitrogens with one attached hydrogen (secondary N) is 1. The number of aromatic nitrogens is 3. The zero-order valence-corrected chi connectivity index (χ0v) is 15.7. The molecule has 2 heterocycles. The summed E-state index contributed by atoms with van der Waals surface area (Å²) in [4.78, 5) is 12.5. The largest absolute Gasteiger partial charge is 0.396 e. The summed E-state index contributed by atoms with van der Waals surface area (Å²) in [5.74, 6) is 0.815. The van der Waals surface area contributed by atoms with Crippen LogP contribution in [0.5, 0.6) is 0 Å². The van der Waals surface area contributed by atoms with Crippen molar-refractivity contribution >= 4 is 22.7 Å². The molecule has 0 fully saturated rings. The topological polar surface area (TPSA) is 67.6 Å². The number of benzene rings is 2. The summed E-state index contributed by atoms with van der Waals surface area (Å²) in [6.45, 7) is 0. The fraction of sp³-hybridized carbons (Fsp3) is 0.167. The molecule has 0 aliphatic heterocycles. The Labute approximate surface area is 164 Å². The second-order valence-corrected chi connectivity index (χ2v) is 7.36. The van der Waals surface area contributed by atoms with Crippen LogP contribution < -0.4 is 5.73 Å². The lowest BCUT2D eigenvalue weighted by molar-refractivity contribution is 0.865. The van der Waals surface area contributed by atoms with E-state index in [1.54, 1.807) is 6.20 Å². The second-order valence-electron chi connectivity index (χ2n) is 7.36. The number of aromatic amines is 1. The molecule has 0 bridgehead atoms. The molecular weight excluding hydrogens is 344 g/mol. The van der Waals surface area contributed by atoms with Gasteiger partial charge in [0, 0.05) is 23.5 Å². The number of allylic oxidation sites excluding steroid dienone is 1. The van der Waals surface area contributed by atoms with Crippen LogP contribution in [0.3, 0.4) is 0 Å². The van der Waals surface area contributed by atoms with E-state index in [2.05, 4.69) is 64.6 Å². The Hall–Kier alpha value is -3.40. The number of H-pyrrole nitrogens is 1. The van der Waals surface area contributed by atoms with E-state index < -0.39 is 0 Å². The summed E-state index contributed by atoms with van der Waals surface area (Å²) < 4.78 is 0. The molecule has 0 amide bonds. The van der Waals surface area contributed by atoms with Crippen LogP contribution in [0.4, 0.5) is 5.69 Å². The van der Waals surface area contributed by atoms with Gasteiger partial charge in [0.25, 0.3) is 0 Å². The van der Waals surface area contributed by atoms with Crippen molar-refractivity contribution in [1.82, 2.24) is 15.0 Å². The Kier molecular flexibility index (Phi) is 4.17. The van der Waals surface area contributed by atoms with Crippen molar-refractivity contribution in [2.24, 2.45) is 0 Å². The highest BCUT2D eigenvalue weighted by molar-refractivity contribution is 5.83. The molecule has 4 aromatic rings. The number of nitrogens with zero attached hydrogens (tertiary/aromatic N) is 2. The number of nitrogen functional groups attached to an aromatic ring is 1. The molecule has 0 saturated heterocycles. The number of hydrogen-bond donors (Lipinski definition) is 2. The normalized spacial score (nSPS) is 12.6. The lowest BCUT2D eigenvalue weighted by Crippen LogP contribution is -2.06. The van der Waals surface area contributed by atoms with Crippen molar-refractivity contribution in [3.05, 3.63) is 94.7 Å². The van der Waals surface area contributed by atoms with E-state index in [-0.39, 0.29) is 0 Å². The van der Waals surface area contributed by atoms with E-state index in [0.717, 1.165) is 36.3 Å². The Balaban J connectivity index is 1.36. The summed E-state index contributed by atoms with van der Waals surface area (Å²) in [7, 11) is 0. The minimum atomic E-state index is 0.671. The SMILES string of the molecule is Nc1cnc(Cc2cccc3[nH]ccc23)nc1CCc1ccc2c(c1)C=CC2. The molecule has 4 heteroatoms. The molecule has 138 valence electrons. The van der Waals surface area contributed by atoms with E-state index in [1.165, 1.54) is 27.6 Å². The van der Waals surface area contributed by atoms with Crippen molar-refractivity contribution in [1.29, 1.82) is 0 Å². The van der Waals surface area contributed by atoms with E-state index in [9.17, 15) is 0 Å². The summed E-state index contributed by atoms with van der Waals surface area (Å²) in [6.07, 6.45) is 11.6. The minimum Gasteiger partial charge on any atom is -0.396 e. The summed E-state index contributed by atoms with van der Waals surface area (Å²) in [6, 6.07) is 15.1. The van der Waals surface area contributed by atoms with Crippen LogP contribution in [0.15, 0.2) is 60.9 Å². The van der Waals surface area contributed by atoms with E-state index in [1.807, 2.05) is 6.20 Å². The zero-order chi connectivity index (χ0) is 18.9. The molecule has 1 aliphatic carbocycles. The predicted octanol–water partition coefficient (Wildman–Crippen LogP) is 4.49. The van der Waals surface area contributed by atoms with Crippen molar-refractivity contribution in [2.75, 3.05) is 5.73 Å². The average molecular weight is 366 g/mol. The van der Waals surface area contributed by atoms with Gasteiger partial charge in [0.2, 0.25) is 0 Å². The summed E-state index contributed by atoms with van der Waals surface area (Å²) in [5, 5.41) is 1.22. The molecule has 0 radical (unpaired) electrons. The second kappa shape index (κ2) is 6.97. The number of fused-ring (bicyclic) bond motifs is 2. The third-order valence-corrected chi connectivity index (χ3v) is 5.48. The maximum atomic E-state index is 6.17. The highest BCUT2D eigenvalue weighted by atomic mass is 14.9. The van der Waals surface area contributed by atoms with Crippen molar-refractivity contribution in [3.8, 4) is 0 Å². The van der Waals surface area contributed by atoms with Gasteiger partial charge in [-0.1, -0.05) is 42.5 Å². The Bertz CT molecular complexity index is 1190. The van der Waals surface area contributed by atoms with E-state index in [0.29, 0.717) is 12.1 Å². The smallest absolute Gasteiger partial charge is 0.133 e. The molecule has 4 nitrogen and oxygen atoms in total. The molecule has 2 aromatic heterocycles. The van der Waals surface area contributed by atoms with Crippen LogP contribution in [-0.2, 0) is 25.7 Å². The molecular formula is C24H22N4. The van der Waals surface area contributed by atoms with E-state index in [4.69, 9.17) is 10.7 Å². The lowest BCUT2D eigenvalue weighted by atomic mass is 10.0. The molecule has 28 heavy (non-hydrogen) atoms. The van der Waals surface area contributed by atoms with Gasteiger partial charge >= 0.3 is 0 Å². The van der Waals surface area contributed by atoms with Gasteiger partial charge in [-0.2, -0.15) is 0 Å². The minimum absolute atomic E-state index is 0.671. The highest BCUT2D eigenvalue weighted by Crippen LogP contribution is 2.23. The predicted molar refractivity (Wildman–Crippen MR) is 114 cm³/mol. The zero-order valence-electron chi connectivity index (χ0n) is 15.7. The van der Waals surface area contributed by atoms with Crippen molar-refractivity contribution in [2.45, 2.75) is 25.7 Å². The van der Waals surface area contributed by atoms with Crippen molar-refractivity contribution in [3.63, 3.8) is 0 Å². The quantitative estimate of drug-likeness (QED) is 0.547. The standard InChI is InChI=1S/C24H22N4/c25-21-15-27-24(14-19-5-2-6-22-20(19)11-12-26-22)28-23(21)10-8-16-7-9-17-3-1-4-18(17)13-16/h1-2,4-7,9,11-13,15,26H,3,8,10,14,25H2. The molecule has 0 spiro atoms.